The Hall–Kier alpha value is -10.7. The second-order valence-corrected chi connectivity index (χ2v) is 22.3. The summed E-state index contributed by atoms with van der Waals surface area (Å²) in [5.41, 5.74) is 26.6. The van der Waals surface area contributed by atoms with Crippen molar-refractivity contribution in [1.82, 2.24) is 9.13 Å². The van der Waals surface area contributed by atoms with Crippen molar-refractivity contribution < 1.29 is 0 Å². The molecule has 14 aromatic rings. The molecule has 1 spiro atoms. The zero-order valence-corrected chi connectivity index (χ0v) is 45.6. The number of nitrogens with zero attached hydrogens (tertiary/aromatic N) is 4. The third kappa shape index (κ3) is 7.06. The van der Waals surface area contributed by atoms with E-state index in [4.69, 9.17) is 0 Å². The molecule has 0 saturated heterocycles. The highest BCUT2D eigenvalue weighted by molar-refractivity contribution is 6.12. The Morgan fingerprint density at radius 3 is 1.31 bits per heavy atom. The summed E-state index contributed by atoms with van der Waals surface area (Å²) in [6.45, 7) is 0. The number of allylic oxidation sites excluding steroid dienone is 4. The van der Waals surface area contributed by atoms with Crippen LogP contribution in [0.3, 0.4) is 0 Å². The minimum Gasteiger partial charge on any atom is -0.314 e. The molecule has 390 valence electrons. The van der Waals surface area contributed by atoms with Crippen LogP contribution in [0.4, 0.5) is 28.4 Å². The fourth-order valence-corrected chi connectivity index (χ4v) is 14.6. The molecule has 0 amide bonds. The standard InChI is InChI=1S/C79H54N4/c1-4-21-55(22-5-1)80(60-47-49-75-67(51-60)64-29-13-18-36-73(64)82(75)56-23-6-2-7-24-56)58-43-39-53(40-44-58)54-41-45-59(46-42-54)81(61-48-50-76-68(52-61)65-30-14-19-37-74(65)83(76)57-25-8-3-9-26-57)77-38-20-35-72-78(77)66-31-12-17-34-71(66)79(72)69-32-15-10-27-62(69)63-28-11-16-33-70(63)79/h1-39,41-43,45-52H,40,44H2. The largest absolute Gasteiger partial charge is 0.314 e. The summed E-state index contributed by atoms with van der Waals surface area (Å²) >= 11 is 0. The van der Waals surface area contributed by atoms with E-state index in [1.54, 1.807) is 0 Å². The lowest BCUT2D eigenvalue weighted by atomic mass is 9.70. The van der Waals surface area contributed by atoms with Gasteiger partial charge in [-0.05, 0) is 172 Å². The first-order chi connectivity index (χ1) is 41.2. The van der Waals surface area contributed by atoms with Crippen molar-refractivity contribution in [3.8, 4) is 33.6 Å². The molecular formula is C79H54N4. The van der Waals surface area contributed by atoms with Crippen LogP contribution in [-0.2, 0) is 5.41 Å². The van der Waals surface area contributed by atoms with Gasteiger partial charge in [0.25, 0.3) is 0 Å². The topological polar surface area (TPSA) is 16.3 Å². The Kier molecular flexibility index (Phi) is 10.6. The molecule has 4 nitrogen and oxygen atoms in total. The van der Waals surface area contributed by atoms with Crippen LogP contribution < -0.4 is 9.80 Å². The molecule has 0 aliphatic heterocycles. The number of anilines is 5. The van der Waals surface area contributed by atoms with E-state index in [2.05, 4.69) is 322 Å². The molecule has 17 rings (SSSR count). The normalized spacial score (nSPS) is 13.7. The van der Waals surface area contributed by atoms with Crippen LogP contribution in [0, 0.1) is 0 Å². The molecule has 0 radical (unpaired) electrons. The third-order valence-electron chi connectivity index (χ3n) is 18.0. The van der Waals surface area contributed by atoms with Gasteiger partial charge < -0.3 is 18.9 Å². The zero-order chi connectivity index (χ0) is 54.6. The van der Waals surface area contributed by atoms with Gasteiger partial charge in [-0.2, -0.15) is 0 Å². The van der Waals surface area contributed by atoms with Gasteiger partial charge in [0.15, 0.2) is 0 Å². The van der Waals surface area contributed by atoms with Gasteiger partial charge in [-0.15, -0.1) is 0 Å². The number of hydrogen-bond donors (Lipinski definition) is 0. The van der Waals surface area contributed by atoms with Gasteiger partial charge in [-0.25, -0.2) is 0 Å². The Bertz CT molecular complexity index is 4920. The van der Waals surface area contributed by atoms with Crippen molar-refractivity contribution in [2.75, 3.05) is 9.80 Å². The summed E-state index contributed by atoms with van der Waals surface area (Å²) < 4.78 is 4.80. The van der Waals surface area contributed by atoms with Crippen LogP contribution in [0.2, 0.25) is 0 Å². The molecule has 2 aromatic heterocycles. The second-order valence-electron chi connectivity index (χ2n) is 22.3. The predicted molar refractivity (Wildman–Crippen MR) is 346 cm³/mol. The molecule has 0 unspecified atom stereocenters. The van der Waals surface area contributed by atoms with Gasteiger partial charge >= 0.3 is 0 Å². The average molecular weight is 1060 g/mol. The Morgan fingerprint density at radius 2 is 0.747 bits per heavy atom. The van der Waals surface area contributed by atoms with E-state index < -0.39 is 5.41 Å². The van der Waals surface area contributed by atoms with E-state index in [1.807, 2.05) is 0 Å². The maximum absolute atomic E-state index is 2.53. The molecule has 0 N–H and O–H groups in total. The number of rotatable bonds is 9. The van der Waals surface area contributed by atoms with Gasteiger partial charge in [0.1, 0.15) is 0 Å². The first-order valence-corrected chi connectivity index (χ1v) is 29.0. The lowest BCUT2D eigenvalue weighted by molar-refractivity contribution is 0.794. The van der Waals surface area contributed by atoms with Gasteiger partial charge in [-0.3, -0.25) is 0 Å². The Morgan fingerprint density at radius 1 is 0.301 bits per heavy atom. The molecule has 4 heteroatoms. The highest BCUT2D eigenvalue weighted by atomic mass is 15.2. The van der Waals surface area contributed by atoms with E-state index in [0.29, 0.717) is 0 Å². The van der Waals surface area contributed by atoms with Crippen LogP contribution >= 0.6 is 0 Å². The number of para-hydroxylation sites is 5. The van der Waals surface area contributed by atoms with E-state index in [1.165, 1.54) is 105 Å². The summed E-state index contributed by atoms with van der Waals surface area (Å²) in [5, 5.41) is 4.92. The van der Waals surface area contributed by atoms with Crippen molar-refractivity contribution in [3.63, 3.8) is 0 Å². The maximum Gasteiger partial charge on any atom is 0.0726 e. The first kappa shape index (κ1) is 47.2. The summed E-state index contributed by atoms with van der Waals surface area (Å²) in [7, 11) is 0. The highest BCUT2D eigenvalue weighted by Crippen LogP contribution is 2.65. The molecule has 0 bridgehead atoms. The number of benzene rings is 12. The van der Waals surface area contributed by atoms with Crippen molar-refractivity contribution >= 4 is 77.6 Å². The summed E-state index contributed by atoms with van der Waals surface area (Å²) in [6.07, 6.45) is 6.50. The molecule has 0 saturated carbocycles. The molecule has 0 fully saturated rings. The quantitative estimate of drug-likeness (QED) is 0.143. The molecule has 3 aliphatic carbocycles. The molecule has 12 aromatic carbocycles. The minimum absolute atomic E-state index is 0.469. The third-order valence-corrected chi connectivity index (χ3v) is 18.0. The number of aromatic nitrogens is 2. The summed E-state index contributed by atoms with van der Waals surface area (Å²) in [4.78, 5) is 4.98. The van der Waals surface area contributed by atoms with Crippen molar-refractivity contribution in [1.29, 1.82) is 0 Å². The van der Waals surface area contributed by atoms with Gasteiger partial charge in [0.2, 0.25) is 0 Å². The SMILES string of the molecule is C1=C(c2ccc(N(c3ccc4c(c3)c3ccccc3n4-c3ccccc3)c3cccc4c3-c3ccccc3C43c4ccccc4-c4ccccc43)cc2)CCC(N(c2ccccc2)c2ccc3c(c2)c2ccccc2n3-c2ccccc2)=C1. The lowest BCUT2D eigenvalue weighted by Gasteiger charge is -2.32. The average Bonchev–Trinajstić information content (AvgIpc) is 1.98. The maximum atomic E-state index is 2.53. The summed E-state index contributed by atoms with van der Waals surface area (Å²) in [6, 6.07) is 108. The van der Waals surface area contributed by atoms with Gasteiger partial charge in [-0.1, -0.05) is 194 Å². The monoisotopic (exact) mass is 1060 g/mol. The minimum atomic E-state index is -0.469. The number of hydrogen-bond acceptors (Lipinski definition) is 2. The molecule has 3 aliphatic rings. The van der Waals surface area contributed by atoms with Crippen LogP contribution in [0.15, 0.2) is 309 Å². The zero-order valence-electron chi connectivity index (χ0n) is 45.6. The lowest BCUT2D eigenvalue weighted by Crippen LogP contribution is -2.26. The molecule has 0 atom stereocenters. The molecule has 2 heterocycles. The predicted octanol–water partition coefficient (Wildman–Crippen LogP) is 20.6. The second kappa shape index (κ2) is 18.7. The Balaban J connectivity index is 0.804. The summed E-state index contributed by atoms with van der Waals surface area (Å²) in [5.74, 6) is 0. The van der Waals surface area contributed by atoms with Gasteiger partial charge in [0.05, 0.1) is 33.2 Å². The van der Waals surface area contributed by atoms with Crippen molar-refractivity contribution in [2.45, 2.75) is 18.3 Å². The first-order valence-electron chi connectivity index (χ1n) is 29.0. The van der Waals surface area contributed by atoms with Crippen LogP contribution in [0.25, 0.3) is 82.8 Å². The fraction of sp³-hybridized carbons (Fsp3) is 0.0380. The van der Waals surface area contributed by atoms with E-state index in [0.717, 1.165) is 52.7 Å². The van der Waals surface area contributed by atoms with E-state index in [9.17, 15) is 0 Å². The van der Waals surface area contributed by atoms with Crippen molar-refractivity contribution in [3.05, 3.63) is 337 Å². The highest BCUT2D eigenvalue weighted by Gasteiger charge is 2.52. The van der Waals surface area contributed by atoms with Crippen LogP contribution in [0.1, 0.15) is 40.7 Å². The number of fused-ring (bicyclic) bond motifs is 16. The smallest absolute Gasteiger partial charge is 0.0726 e. The fourth-order valence-electron chi connectivity index (χ4n) is 14.6. The molecule has 83 heavy (non-hydrogen) atoms. The van der Waals surface area contributed by atoms with Crippen LogP contribution in [0.5, 0.6) is 0 Å². The Labute approximate surface area is 482 Å². The van der Waals surface area contributed by atoms with E-state index in [-0.39, 0.29) is 0 Å². The van der Waals surface area contributed by atoms with E-state index >= 15 is 0 Å². The van der Waals surface area contributed by atoms with Crippen molar-refractivity contribution in [2.24, 2.45) is 0 Å². The molecular weight excluding hydrogens is 1000 g/mol. The van der Waals surface area contributed by atoms with Crippen LogP contribution in [-0.4, -0.2) is 9.13 Å². The van der Waals surface area contributed by atoms with Gasteiger partial charge in [0, 0.05) is 66.9 Å².